The first-order valence-electron chi connectivity index (χ1n) is 5.38. The van der Waals surface area contributed by atoms with E-state index in [0.29, 0.717) is 13.2 Å². The fourth-order valence-electron chi connectivity index (χ4n) is 1.32. The van der Waals surface area contributed by atoms with Gasteiger partial charge in [-0.1, -0.05) is 6.92 Å². The first-order chi connectivity index (χ1) is 7.77. The second-order valence-corrected chi connectivity index (χ2v) is 4.51. The smallest absolute Gasteiger partial charge is 0.123 e. The molecule has 0 bridgehead atoms. The van der Waals surface area contributed by atoms with E-state index >= 15 is 0 Å². The van der Waals surface area contributed by atoms with E-state index in [9.17, 15) is 4.39 Å². The minimum atomic E-state index is -0.177. The van der Waals surface area contributed by atoms with Crippen LogP contribution in [0.3, 0.4) is 0 Å². The molecule has 0 aliphatic heterocycles. The molecular formula is C12H18FNOS. The summed E-state index contributed by atoms with van der Waals surface area (Å²) in [6.45, 7) is 4.35. The van der Waals surface area contributed by atoms with Gasteiger partial charge in [-0.3, -0.25) is 0 Å². The van der Waals surface area contributed by atoms with Crippen LogP contribution < -0.4 is 5.32 Å². The Morgan fingerprint density at radius 2 is 2.25 bits per heavy atom. The second-order valence-electron chi connectivity index (χ2n) is 3.37. The molecular weight excluding hydrogens is 225 g/mol. The van der Waals surface area contributed by atoms with E-state index in [-0.39, 0.29) is 5.82 Å². The van der Waals surface area contributed by atoms with Crippen LogP contribution in [0.5, 0.6) is 0 Å². The van der Waals surface area contributed by atoms with Gasteiger partial charge in [0.2, 0.25) is 0 Å². The average Bonchev–Trinajstić information content (AvgIpc) is 2.29. The van der Waals surface area contributed by atoms with Crippen LogP contribution in [0.1, 0.15) is 12.5 Å². The molecule has 16 heavy (non-hydrogen) atoms. The minimum Gasteiger partial charge on any atom is -0.384 e. The zero-order valence-corrected chi connectivity index (χ0v) is 10.6. The van der Waals surface area contributed by atoms with Gasteiger partial charge in [-0.05, 0) is 30.3 Å². The lowest BCUT2D eigenvalue weighted by molar-refractivity contribution is 0.218. The zero-order valence-electron chi connectivity index (χ0n) is 9.75. The molecule has 0 amide bonds. The van der Waals surface area contributed by atoms with Gasteiger partial charge in [-0.25, -0.2) is 4.39 Å². The first-order valence-corrected chi connectivity index (χ1v) is 6.37. The van der Waals surface area contributed by atoms with Crippen LogP contribution in [0.2, 0.25) is 0 Å². The number of thioether (sulfide) groups is 1. The predicted octanol–water partition coefficient (Wildman–Crippen LogP) is 2.67. The van der Waals surface area contributed by atoms with Crippen molar-refractivity contribution in [2.24, 2.45) is 0 Å². The summed E-state index contributed by atoms with van der Waals surface area (Å²) in [5.74, 6) is 0.713. The number of hydrogen-bond donors (Lipinski definition) is 1. The summed E-state index contributed by atoms with van der Waals surface area (Å²) in [5.41, 5.74) is 1.02. The highest BCUT2D eigenvalue weighted by atomic mass is 32.2. The van der Waals surface area contributed by atoms with Crippen LogP contribution in [0.25, 0.3) is 0 Å². The van der Waals surface area contributed by atoms with Crippen LogP contribution in [0, 0.1) is 5.82 Å². The number of hydrogen-bond acceptors (Lipinski definition) is 3. The lowest BCUT2D eigenvalue weighted by Gasteiger charge is -2.09. The molecule has 0 unspecified atom stereocenters. The Hall–Kier alpha value is -0.580. The Bertz CT molecular complexity index is 320. The van der Waals surface area contributed by atoms with Gasteiger partial charge < -0.3 is 10.1 Å². The number of rotatable bonds is 7. The van der Waals surface area contributed by atoms with Crippen molar-refractivity contribution in [2.45, 2.75) is 18.4 Å². The van der Waals surface area contributed by atoms with Crippen molar-refractivity contribution >= 4 is 11.8 Å². The molecule has 1 N–H and O–H groups in total. The normalized spacial score (nSPS) is 10.7. The molecule has 90 valence electrons. The molecule has 0 aliphatic rings. The monoisotopic (exact) mass is 243 g/mol. The SMILES string of the molecule is CCNCc1cc(F)ccc1SCCOC. The Morgan fingerprint density at radius 3 is 2.94 bits per heavy atom. The second kappa shape index (κ2) is 7.65. The van der Waals surface area contributed by atoms with Crippen molar-refractivity contribution in [3.05, 3.63) is 29.6 Å². The van der Waals surface area contributed by atoms with Crippen molar-refractivity contribution in [3.8, 4) is 0 Å². The van der Waals surface area contributed by atoms with E-state index in [0.717, 1.165) is 22.8 Å². The van der Waals surface area contributed by atoms with Gasteiger partial charge in [0.15, 0.2) is 0 Å². The summed E-state index contributed by atoms with van der Waals surface area (Å²) < 4.78 is 18.1. The van der Waals surface area contributed by atoms with E-state index in [1.54, 1.807) is 24.9 Å². The Morgan fingerprint density at radius 1 is 1.44 bits per heavy atom. The quantitative estimate of drug-likeness (QED) is 0.587. The molecule has 0 fully saturated rings. The summed E-state index contributed by atoms with van der Waals surface area (Å²) >= 11 is 1.70. The van der Waals surface area contributed by atoms with Gasteiger partial charge in [-0.2, -0.15) is 0 Å². The lowest BCUT2D eigenvalue weighted by atomic mass is 10.2. The van der Waals surface area contributed by atoms with Crippen molar-refractivity contribution in [2.75, 3.05) is 26.0 Å². The predicted molar refractivity (Wildman–Crippen MR) is 66.4 cm³/mol. The maximum absolute atomic E-state index is 13.1. The third kappa shape index (κ3) is 4.51. The molecule has 0 radical (unpaired) electrons. The van der Waals surface area contributed by atoms with Crippen LogP contribution >= 0.6 is 11.8 Å². The molecule has 0 spiro atoms. The number of ether oxygens (including phenoxy) is 1. The van der Waals surface area contributed by atoms with Gasteiger partial charge in [0.05, 0.1) is 6.61 Å². The van der Waals surface area contributed by atoms with Gasteiger partial charge in [0.25, 0.3) is 0 Å². The fourth-order valence-corrected chi connectivity index (χ4v) is 2.27. The highest BCUT2D eigenvalue weighted by Gasteiger charge is 2.04. The van der Waals surface area contributed by atoms with Gasteiger partial charge >= 0.3 is 0 Å². The largest absolute Gasteiger partial charge is 0.384 e. The van der Waals surface area contributed by atoms with E-state index in [1.165, 1.54) is 6.07 Å². The maximum atomic E-state index is 13.1. The highest BCUT2D eigenvalue weighted by molar-refractivity contribution is 7.99. The third-order valence-corrected chi connectivity index (χ3v) is 3.21. The molecule has 2 nitrogen and oxygen atoms in total. The Kier molecular flexibility index (Phi) is 6.45. The summed E-state index contributed by atoms with van der Waals surface area (Å²) in [4.78, 5) is 1.12. The Balaban J connectivity index is 2.64. The summed E-state index contributed by atoms with van der Waals surface area (Å²) in [6, 6.07) is 4.94. The minimum absolute atomic E-state index is 0.177. The van der Waals surface area contributed by atoms with Gasteiger partial charge in [-0.15, -0.1) is 11.8 Å². The van der Waals surface area contributed by atoms with E-state index in [1.807, 2.05) is 13.0 Å². The van der Waals surface area contributed by atoms with Crippen molar-refractivity contribution in [1.29, 1.82) is 0 Å². The molecule has 0 saturated heterocycles. The maximum Gasteiger partial charge on any atom is 0.123 e. The molecule has 0 heterocycles. The molecule has 4 heteroatoms. The van der Waals surface area contributed by atoms with Crippen molar-refractivity contribution < 1.29 is 9.13 Å². The fraction of sp³-hybridized carbons (Fsp3) is 0.500. The highest BCUT2D eigenvalue weighted by Crippen LogP contribution is 2.23. The van der Waals surface area contributed by atoms with Crippen LogP contribution in [0.4, 0.5) is 4.39 Å². The van der Waals surface area contributed by atoms with Gasteiger partial charge in [0, 0.05) is 24.3 Å². The van der Waals surface area contributed by atoms with E-state index in [2.05, 4.69) is 5.32 Å². The summed E-state index contributed by atoms with van der Waals surface area (Å²) in [7, 11) is 1.69. The topological polar surface area (TPSA) is 21.3 Å². The number of nitrogens with one attached hydrogen (secondary N) is 1. The van der Waals surface area contributed by atoms with E-state index in [4.69, 9.17) is 4.74 Å². The first kappa shape index (κ1) is 13.5. The van der Waals surface area contributed by atoms with Crippen LogP contribution in [-0.4, -0.2) is 26.0 Å². The van der Waals surface area contributed by atoms with Crippen LogP contribution in [0.15, 0.2) is 23.1 Å². The van der Waals surface area contributed by atoms with Crippen molar-refractivity contribution in [1.82, 2.24) is 5.32 Å². The lowest BCUT2D eigenvalue weighted by Crippen LogP contribution is -2.12. The average molecular weight is 243 g/mol. The summed E-state index contributed by atoms with van der Waals surface area (Å²) in [6.07, 6.45) is 0. The molecule has 1 rings (SSSR count). The molecule has 0 aromatic heterocycles. The third-order valence-electron chi connectivity index (χ3n) is 2.13. The summed E-state index contributed by atoms with van der Waals surface area (Å²) in [5, 5.41) is 3.21. The number of methoxy groups -OCH3 is 1. The van der Waals surface area contributed by atoms with Crippen molar-refractivity contribution in [3.63, 3.8) is 0 Å². The molecule has 0 saturated carbocycles. The number of halogens is 1. The zero-order chi connectivity index (χ0) is 11.8. The molecule has 0 aliphatic carbocycles. The van der Waals surface area contributed by atoms with Gasteiger partial charge in [0.1, 0.15) is 5.82 Å². The van der Waals surface area contributed by atoms with Crippen LogP contribution in [-0.2, 0) is 11.3 Å². The Labute approximate surface area is 101 Å². The molecule has 1 aromatic rings. The number of benzene rings is 1. The molecule has 1 aromatic carbocycles. The molecule has 0 atom stereocenters. The standard InChI is InChI=1S/C12H18FNOS/c1-3-14-9-10-8-11(13)4-5-12(10)16-7-6-15-2/h4-5,8,14H,3,6-7,9H2,1-2H3. The van der Waals surface area contributed by atoms with E-state index < -0.39 is 0 Å².